The van der Waals surface area contributed by atoms with Gasteiger partial charge in [-0.2, -0.15) is 0 Å². The molecule has 3 rings (SSSR count). The zero-order valence-electron chi connectivity index (χ0n) is 13.6. The summed E-state index contributed by atoms with van der Waals surface area (Å²) in [4.78, 5) is 36.5. The minimum Gasteiger partial charge on any atom is -0.403 e. The van der Waals surface area contributed by atoms with Gasteiger partial charge in [0.2, 0.25) is 5.90 Å². The van der Waals surface area contributed by atoms with Crippen molar-refractivity contribution in [1.29, 1.82) is 0 Å². The quantitative estimate of drug-likeness (QED) is 0.345. The molecule has 0 fully saturated rings. The second-order valence-electron chi connectivity index (χ2n) is 5.41. The summed E-state index contributed by atoms with van der Waals surface area (Å²) >= 11 is 0. The summed E-state index contributed by atoms with van der Waals surface area (Å²) in [5, 5.41) is 21.6. The lowest BCUT2D eigenvalue weighted by molar-refractivity contribution is -0.385. The summed E-state index contributed by atoms with van der Waals surface area (Å²) in [6.07, 6.45) is 4.31. The maximum Gasteiger partial charge on any atom is 0.363 e. The Morgan fingerprint density at radius 3 is 2.11 bits per heavy atom. The molecule has 1 aliphatic rings. The topological polar surface area (TPSA) is 125 Å². The van der Waals surface area contributed by atoms with Crippen molar-refractivity contribution >= 4 is 35.4 Å². The summed E-state index contributed by atoms with van der Waals surface area (Å²) in [5.74, 6) is -0.677. The van der Waals surface area contributed by atoms with Crippen LogP contribution in [0.4, 0.5) is 11.4 Å². The molecule has 27 heavy (non-hydrogen) atoms. The lowest BCUT2D eigenvalue weighted by Gasteiger charge is -1.95. The number of nitro benzene ring substituents is 2. The van der Waals surface area contributed by atoms with Crippen LogP contribution in [-0.4, -0.2) is 21.7 Å². The number of benzene rings is 2. The minimum absolute atomic E-state index is 0.00538. The Balaban J connectivity index is 1.82. The number of nitro groups is 2. The molecule has 0 radical (unpaired) electrons. The van der Waals surface area contributed by atoms with Gasteiger partial charge in [-0.3, -0.25) is 20.2 Å². The molecule has 0 saturated heterocycles. The van der Waals surface area contributed by atoms with Crippen molar-refractivity contribution < 1.29 is 19.4 Å². The smallest absolute Gasteiger partial charge is 0.363 e. The van der Waals surface area contributed by atoms with E-state index in [-0.39, 0.29) is 23.0 Å². The summed E-state index contributed by atoms with van der Waals surface area (Å²) in [7, 11) is 0. The second-order valence-corrected chi connectivity index (χ2v) is 5.41. The first-order chi connectivity index (χ1) is 12.9. The number of rotatable bonds is 5. The van der Waals surface area contributed by atoms with E-state index in [4.69, 9.17) is 4.74 Å². The number of hydrogen-bond donors (Lipinski definition) is 0. The molecule has 9 heteroatoms. The van der Waals surface area contributed by atoms with E-state index >= 15 is 0 Å². The first-order valence-electron chi connectivity index (χ1n) is 7.62. The first kappa shape index (κ1) is 17.7. The van der Waals surface area contributed by atoms with Crippen LogP contribution in [0.2, 0.25) is 0 Å². The number of nitrogens with zero attached hydrogens (tertiary/aromatic N) is 3. The molecule has 0 spiro atoms. The van der Waals surface area contributed by atoms with Gasteiger partial charge in [-0.1, -0.05) is 24.3 Å². The van der Waals surface area contributed by atoms with E-state index in [0.29, 0.717) is 11.1 Å². The monoisotopic (exact) mass is 365 g/mol. The third-order valence-electron chi connectivity index (χ3n) is 3.52. The van der Waals surface area contributed by atoms with Crippen LogP contribution in [0.5, 0.6) is 0 Å². The molecule has 0 unspecified atom stereocenters. The Kier molecular flexibility index (Phi) is 4.84. The standard InChI is InChI=1S/C18H11N3O6/c22-18-16(11-13-4-2-6-15(10-13)21(25)26)19-17(27-18)8-7-12-3-1-5-14(9-12)20(23)24/h1-11H. The van der Waals surface area contributed by atoms with Gasteiger partial charge in [-0.05, 0) is 23.3 Å². The second kappa shape index (κ2) is 7.40. The lowest BCUT2D eigenvalue weighted by Crippen LogP contribution is -2.01. The van der Waals surface area contributed by atoms with Crippen LogP contribution < -0.4 is 0 Å². The highest BCUT2D eigenvalue weighted by atomic mass is 16.6. The third kappa shape index (κ3) is 4.28. The van der Waals surface area contributed by atoms with Gasteiger partial charge in [0.25, 0.3) is 11.4 Å². The Morgan fingerprint density at radius 1 is 0.889 bits per heavy atom. The van der Waals surface area contributed by atoms with Crippen LogP contribution >= 0.6 is 0 Å². The molecule has 2 aromatic carbocycles. The van der Waals surface area contributed by atoms with Crippen molar-refractivity contribution in [2.45, 2.75) is 0 Å². The Morgan fingerprint density at radius 2 is 1.48 bits per heavy atom. The fraction of sp³-hybridized carbons (Fsp3) is 0. The van der Waals surface area contributed by atoms with Gasteiger partial charge in [-0.25, -0.2) is 9.79 Å². The molecular weight excluding hydrogens is 354 g/mol. The number of aliphatic imine (C=N–C) groups is 1. The maximum absolute atomic E-state index is 11.9. The van der Waals surface area contributed by atoms with Gasteiger partial charge >= 0.3 is 5.97 Å². The van der Waals surface area contributed by atoms with Crippen molar-refractivity contribution in [3.05, 3.63) is 91.7 Å². The summed E-state index contributed by atoms with van der Waals surface area (Å²) in [5.41, 5.74) is 0.802. The van der Waals surface area contributed by atoms with Crippen LogP contribution in [0.3, 0.4) is 0 Å². The number of carbonyl (C=O) groups excluding carboxylic acids is 1. The van der Waals surface area contributed by atoms with E-state index in [1.807, 2.05) is 0 Å². The zero-order valence-corrected chi connectivity index (χ0v) is 13.6. The summed E-state index contributed by atoms with van der Waals surface area (Å²) in [6, 6.07) is 11.7. The predicted octanol–water partition coefficient (Wildman–Crippen LogP) is 3.51. The van der Waals surface area contributed by atoms with E-state index < -0.39 is 15.8 Å². The number of non-ortho nitro benzene ring substituents is 2. The Hall–Kier alpha value is -4.14. The summed E-state index contributed by atoms with van der Waals surface area (Å²) in [6.45, 7) is 0. The van der Waals surface area contributed by atoms with Crippen LogP contribution in [0.15, 0.2) is 65.3 Å². The van der Waals surface area contributed by atoms with Gasteiger partial charge in [0.1, 0.15) is 0 Å². The Bertz CT molecular complexity index is 1040. The molecule has 134 valence electrons. The Labute approximate surface area is 152 Å². The number of cyclic esters (lactones) is 1. The lowest BCUT2D eigenvalue weighted by atomic mass is 10.1. The van der Waals surface area contributed by atoms with Gasteiger partial charge in [0, 0.05) is 30.3 Å². The number of ether oxygens (including phenoxy) is 1. The van der Waals surface area contributed by atoms with Gasteiger partial charge in [0.15, 0.2) is 5.70 Å². The molecular formula is C18H11N3O6. The van der Waals surface area contributed by atoms with Gasteiger partial charge in [0.05, 0.1) is 9.85 Å². The molecule has 0 bridgehead atoms. The van der Waals surface area contributed by atoms with Crippen molar-refractivity contribution in [2.24, 2.45) is 4.99 Å². The van der Waals surface area contributed by atoms with E-state index in [1.165, 1.54) is 54.6 Å². The van der Waals surface area contributed by atoms with E-state index in [9.17, 15) is 25.0 Å². The van der Waals surface area contributed by atoms with Crippen LogP contribution in [0.1, 0.15) is 11.1 Å². The van der Waals surface area contributed by atoms with Crippen molar-refractivity contribution in [1.82, 2.24) is 0 Å². The first-order valence-corrected chi connectivity index (χ1v) is 7.62. The zero-order chi connectivity index (χ0) is 19.4. The molecule has 0 aromatic heterocycles. The molecule has 1 heterocycles. The van der Waals surface area contributed by atoms with E-state index in [1.54, 1.807) is 12.1 Å². The highest BCUT2D eigenvalue weighted by Crippen LogP contribution is 2.20. The van der Waals surface area contributed by atoms with E-state index in [0.717, 1.165) is 0 Å². The average molecular weight is 365 g/mol. The summed E-state index contributed by atoms with van der Waals surface area (Å²) < 4.78 is 5.01. The van der Waals surface area contributed by atoms with E-state index in [2.05, 4.69) is 4.99 Å². The van der Waals surface area contributed by atoms with Crippen molar-refractivity contribution in [3.63, 3.8) is 0 Å². The average Bonchev–Trinajstić information content (AvgIpc) is 3.00. The fourth-order valence-corrected chi connectivity index (χ4v) is 2.29. The van der Waals surface area contributed by atoms with Crippen LogP contribution in [0.25, 0.3) is 12.2 Å². The molecule has 0 aliphatic carbocycles. The number of esters is 1. The number of hydrogen-bond acceptors (Lipinski definition) is 7. The molecule has 2 aromatic rings. The largest absolute Gasteiger partial charge is 0.403 e. The van der Waals surface area contributed by atoms with Crippen LogP contribution in [0, 0.1) is 20.2 Å². The van der Waals surface area contributed by atoms with Gasteiger partial charge < -0.3 is 4.74 Å². The predicted molar refractivity (Wildman–Crippen MR) is 96.7 cm³/mol. The third-order valence-corrected chi connectivity index (χ3v) is 3.52. The number of carbonyl (C=O) groups is 1. The van der Waals surface area contributed by atoms with Crippen LogP contribution in [-0.2, 0) is 9.53 Å². The molecule has 1 aliphatic heterocycles. The SMILES string of the molecule is O=C1OC(C=Cc2cccc([N+](=O)[O-])c2)=NC1=Cc1cccc([N+](=O)[O-])c1. The fourth-order valence-electron chi connectivity index (χ4n) is 2.29. The highest BCUT2D eigenvalue weighted by molar-refractivity contribution is 6.11. The van der Waals surface area contributed by atoms with Crippen molar-refractivity contribution in [2.75, 3.05) is 0 Å². The molecule has 0 saturated carbocycles. The normalized spacial score (nSPS) is 15.0. The minimum atomic E-state index is -0.694. The van der Waals surface area contributed by atoms with Gasteiger partial charge in [-0.15, -0.1) is 0 Å². The maximum atomic E-state index is 11.9. The molecule has 0 atom stereocenters. The molecule has 0 N–H and O–H groups in total. The molecule has 9 nitrogen and oxygen atoms in total. The van der Waals surface area contributed by atoms with Crippen molar-refractivity contribution in [3.8, 4) is 0 Å². The molecule has 0 amide bonds. The highest BCUT2D eigenvalue weighted by Gasteiger charge is 2.21.